The minimum absolute atomic E-state index is 0.0631. The van der Waals surface area contributed by atoms with Gasteiger partial charge in [0.15, 0.2) is 0 Å². The Morgan fingerprint density at radius 3 is 2.81 bits per heavy atom. The maximum atomic E-state index is 12.7. The summed E-state index contributed by atoms with van der Waals surface area (Å²) in [6, 6.07) is 6.06. The average molecular weight is 369 g/mol. The third-order valence-corrected chi connectivity index (χ3v) is 6.16. The number of carbonyl (C=O) groups is 1. The first-order chi connectivity index (χ1) is 12.6. The van der Waals surface area contributed by atoms with E-state index in [1.54, 1.807) is 12.4 Å². The van der Waals surface area contributed by atoms with E-state index in [4.69, 9.17) is 5.73 Å². The Balaban J connectivity index is 1.51. The number of rotatable bonds is 4. The summed E-state index contributed by atoms with van der Waals surface area (Å²) in [6.45, 7) is 2.06. The Morgan fingerprint density at radius 1 is 1.31 bits per heavy atom. The predicted molar refractivity (Wildman–Crippen MR) is 105 cm³/mol. The normalized spacial score (nSPS) is 21.6. The number of pyridine rings is 1. The van der Waals surface area contributed by atoms with Gasteiger partial charge in [-0.25, -0.2) is 9.36 Å². The van der Waals surface area contributed by atoms with Gasteiger partial charge in [-0.2, -0.15) is 0 Å². The smallest absolute Gasteiger partial charge is 0.227 e. The number of nitrogens with one attached hydrogen (secondary N) is 2. The number of nitrogens with zero attached hydrogens (tertiary/aromatic N) is 2. The number of aromatic amines is 1. The summed E-state index contributed by atoms with van der Waals surface area (Å²) in [4.78, 5) is 21.5. The van der Waals surface area contributed by atoms with Crippen LogP contribution in [0.5, 0.6) is 0 Å². The highest BCUT2D eigenvalue weighted by Gasteiger charge is 2.28. The van der Waals surface area contributed by atoms with Gasteiger partial charge in [-0.05, 0) is 68.3 Å². The van der Waals surface area contributed by atoms with E-state index in [0.717, 1.165) is 53.0 Å². The highest BCUT2D eigenvalue weighted by Crippen LogP contribution is 2.33. The fraction of sp³-hybridized carbons (Fsp3) is 0.421. The number of hydrogen-bond acceptors (Lipinski definition) is 5. The Hall–Kier alpha value is -2.25. The third kappa shape index (κ3) is 3.37. The van der Waals surface area contributed by atoms with Crippen LogP contribution in [0.3, 0.4) is 0 Å². The first-order valence-corrected chi connectivity index (χ1v) is 9.84. The average Bonchev–Trinajstić information content (AvgIpc) is 3.31. The third-order valence-electron chi connectivity index (χ3n) is 5.38. The molecule has 0 saturated heterocycles. The van der Waals surface area contributed by atoms with Crippen molar-refractivity contribution in [1.82, 2.24) is 14.3 Å². The minimum atomic E-state index is 0.0631. The van der Waals surface area contributed by atoms with Gasteiger partial charge < -0.3 is 16.0 Å². The van der Waals surface area contributed by atoms with Gasteiger partial charge in [0.2, 0.25) is 5.91 Å². The number of hydrogen-bond donors (Lipinski definition) is 3. The number of anilines is 1. The maximum Gasteiger partial charge on any atom is 0.227 e. The summed E-state index contributed by atoms with van der Waals surface area (Å²) >= 11 is 1.43. The molecule has 1 atom stereocenters. The number of amides is 1. The van der Waals surface area contributed by atoms with Gasteiger partial charge in [-0.3, -0.25) is 4.79 Å². The molecule has 136 valence electrons. The van der Waals surface area contributed by atoms with Gasteiger partial charge in [0.1, 0.15) is 5.65 Å². The van der Waals surface area contributed by atoms with E-state index >= 15 is 0 Å². The molecule has 1 fully saturated rings. The molecule has 0 spiro atoms. The van der Waals surface area contributed by atoms with Crippen LogP contribution in [-0.2, 0) is 4.79 Å². The molecule has 3 aromatic rings. The van der Waals surface area contributed by atoms with Crippen LogP contribution < -0.4 is 11.1 Å². The molecule has 6 nitrogen and oxygen atoms in total. The monoisotopic (exact) mass is 369 g/mol. The van der Waals surface area contributed by atoms with Crippen LogP contribution in [0.25, 0.3) is 21.6 Å². The van der Waals surface area contributed by atoms with Crippen molar-refractivity contribution in [3.05, 3.63) is 30.6 Å². The van der Waals surface area contributed by atoms with Crippen molar-refractivity contribution < 1.29 is 4.79 Å². The first kappa shape index (κ1) is 17.2. The lowest BCUT2D eigenvalue weighted by Crippen LogP contribution is -2.33. The molecule has 26 heavy (non-hydrogen) atoms. The zero-order valence-corrected chi connectivity index (χ0v) is 15.6. The van der Waals surface area contributed by atoms with Gasteiger partial charge in [-0.1, -0.05) is 0 Å². The van der Waals surface area contributed by atoms with E-state index in [9.17, 15) is 4.79 Å². The van der Waals surface area contributed by atoms with Crippen molar-refractivity contribution in [2.24, 2.45) is 17.6 Å². The molecule has 1 saturated carbocycles. The fourth-order valence-electron chi connectivity index (χ4n) is 3.77. The molecule has 7 heteroatoms. The van der Waals surface area contributed by atoms with Crippen molar-refractivity contribution in [2.45, 2.75) is 38.6 Å². The van der Waals surface area contributed by atoms with Crippen LogP contribution in [0, 0.1) is 11.8 Å². The molecular weight excluding hydrogens is 346 g/mol. The molecule has 0 aromatic carbocycles. The molecule has 0 radical (unpaired) electrons. The van der Waals surface area contributed by atoms with Gasteiger partial charge in [0.05, 0.1) is 16.3 Å². The highest BCUT2D eigenvalue weighted by atomic mass is 32.1. The standard InChI is InChI=1S/C19H23N5OS/c1-11(20)12-2-4-13(5-3-12)19(25)24-15-6-8-21-18-14(15)10-16(23-18)17-7-9-22-26-17/h6-13H,2-5,20H2,1H3,(H2,21,23,24,25). The fourth-order valence-corrected chi connectivity index (χ4v) is 4.33. The molecule has 1 aliphatic carbocycles. The maximum absolute atomic E-state index is 12.7. The number of aromatic nitrogens is 3. The lowest BCUT2D eigenvalue weighted by Gasteiger charge is -2.30. The molecule has 3 aromatic heterocycles. The van der Waals surface area contributed by atoms with Crippen LogP contribution >= 0.6 is 11.5 Å². The van der Waals surface area contributed by atoms with Gasteiger partial charge in [-0.15, -0.1) is 0 Å². The van der Waals surface area contributed by atoms with Crippen LogP contribution in [0.4, 0.5) is 5.69 Å². The lowest BCUT2D eigenvalue weighted by molar-refractivity contribution is -0.121. The molecule has 0 bridgehead atoms. The Labute approximate surface area is 156 Å². The topological polar surface area (TPSA) is 96.7 Å². The largest absolute Gasteiger partial charge is 0.338 e. The van der Waals surface area contributed by atoms with Crippen molar-refractivity contribution >= 4 is 34.2 Å². The Morgan fingerprint density at radius 2 is 2.12 bits per heavy atom. The SMILES string of the molecule is CC(N)C1CCC(C(=O)Nc2ccnc3[nH]c(-c4ccns4)cc23)CC1. The van der Waals surface area contributed by atoms with Gasteiger partial charge >= 0.3 is 0 Å². The first-order valence-electron chi connectivity index (χ1n) is 9.07. The predicted octanol–water partition coefficient (Wildman–Crippen LogP) is 3.78. The Bertz CT molecular complexity index is 894. The van der Waals surface area contributed by atoms with Gasteiger partial charge in [0, 0.05) is 29.7 Å². The summed E-state index contributed by atoms with van der Waals surface area (Å²) in [7, 11) is 0. The molecule has 1 aliphatic rings. The molecule has 1 unspecified atom stereocenters. The zero-order chi connectivity index (χ0) is 18.1. The minimum Gasteiger partial charge on any atom is -0.338 e. The summed E-state index contributed by atoms with van der Waals surface area (Å²) in [5.74, 6) is 0.701. The molecule has 3 heterocycles. The van der Waals surface area contributed by atoms with Crippen LogP contribution in [-0.4, -0.2) is 26.3 Å². The second-order valence-electron chi connectivity index (χ2n) is 7.14. The van der Waals surface area contributed by atoms with Gasteiger partial charge in [0.25, 0.3) is 0 Å². The quantitative estimate of drug-likeness (QED) is 0.652. The van der Waals surface area contributed by atoms with Crippen molar-refractivity contribution in [3.63, 3.8) is 0 Å². The van der Waals surface area contributed by atoms with E-state index in [1.807, 2.05) is 18.2 Å². The number of fused-ring (bicyclic) bond motifs is 1. The second kappa shape index (κ2) is 7.17. The summed E-state index contributed by atoms with van der Waals surface area (Å²) in [6.07, 6.45) is 7.37. The Kier molecular flexibility index (Phi) is 4.74. The lowest BCUT2D eigenvalue weighted by atomic mass is 9.79. The molecular formula is C19H23N5OS. The number of carbonyl (C=O) groups excluding carboxylic acids is 1. The van der Waals surface area contributed by atoms with E-state index < -0.39 is 0 Å². The second-order valence-corrected chi connectivity index (χ2v) is 7.97. The van der Waals surface area contributed by atoms with E-state index in [2.05, 4.69) is 26.6 Å². The van der Waals surface area contributed by atoms with E-state index in [0.29, 0.717) is 5.92 Å². The molecule has 4 N–H and O–H groups in total. The van der Waals surface area contributed by atoms with Crippen LogP contribution in [0.1, 0.15) is 32.6 Å². The number of nitrogens with two attached hydrogens (primary N) is 1. The van der Waals surface area contributed by atoms with Crippen molar-refractivity contribution in [1.29, 1.82) is 0 Å². The van der Waals surface area contributed by atoms with Crippen LogP contribution in [0.15, 0.2) is 30.6 Å². The molecule has 1 amide bonds. The van der Waals surface area contributed by atoms with Crippen molar-refractivity contribution in [2.75, 3.05) is 5.32 Å². The van der Waals surface area contributed by atoms with E-state index in [1.165, 1.54) is 11.5 Å². The summed E-state index contributed by atoms with van der Waals surface area (Å²) in [5, 5.41) is 4.04. The highest BCUT2D eigenvalue weighted by molar-refractivity contribution is 7.09. The summed E-state index contributed by atoms with van der Waals surface area (Å²) < 4.78 is 4.14. The molecule has 4 rings (SSSR count). The van der Waals surface area contributed by atoms with E-state index in [-0.39, 0.29) is 17.9 Å². The zero-order valence-electron chi connectivity index (χ0n) is 14.7. The van der Waals surface area contributed by atoms with Crippen LogP contribution in [0.2, 0.25) is 0 Å². The van der Waals surface area contributed by atoms with Crippen molar-refractivity contribution in [3.8, 4) is 10.6 Å². The summed E-state index contributed by atoms with van der Waals surface area (Å²) in [5.41, 5.74) is 8.55. The number of H-pyrrole nitrogens is 1. The molecule has 0 aliphatic heterocycles.